The quantitative estimate of drug-likeness (QED) is 0.563. The van der Waals surface area contributed by atoms with Crippen molar-refractivity contribution in [1.29, 1.82) is 0 Å². The molecule has 0 fully saturated rings. The Balaban J connectivity index is 2.44. The fraction of sp³-hybridized carbons (Fsp3) is 0.188. The van der Waals surface area contributed by atoms with Gasteiger partial charge in [-0.3, -0.25) is 10.0 Å². The van der Waals surface area contributed by atoms with Crippen LogP contribution in [0.2, 0.25) is 0 Å². The molecule has 2 aromatic rings. The third-order valence-electron chi connectivity index (χ3n) is 3.52. The van der Waals surface area contributed by atoms with Crippen LogP contribution in [0, 0.1) is 0 Å². The number of nitrogens with zero attached hydrogens (tertiary/aromatic N) is 1. The average molecular weight is 413 g/mol. The zero-order valence-corrected chi connectivity index (χ0v) is 15.3. The Morgan fingerprint density at radius 2 is 1.75 bits per heavy atom. The third kappa shape index (κ3) is 4.21. The highest BCUT2D eigenvalue weighted by atomic mass is 79.9. The molecule has 24 heavy (non-hydrogen) atoms. The summed E-state index contributed by atoms with van der Waals surface area (Å²) in [5.74, 6) is -0.799. The normalized spacial score (nSPS) is 12.8. The van der Waals surface area contributed by atoms with Crippen molar-refractivity contribution in [3.05, 3.63) is 64.6 Å². The Morgan fingerprint density at radius 3 is 2.29 bits per heavy atom. The zero-order valence-electron chi connectivity index (χ0n) is 12.9. The summed E-state index contributed by atoms with van der Waals surface area (Å²) in [7, 11) is -3.93. The van der Waals surface area contributed by atoms with Crippen molar-refractivity contribution in [3.63, 3.8) is 0 Å². The van der Waals surface area contributed by atoms with E-state index >= 15 is 0 Å². The van der Waals surface area contributed by atoms with Crippen molar-refractivity contribution in [2.75, 3.05) is 0 Å². The van der Waals surface area contributed by atoms with Gasteiger partial charge in [-0.2, -0.15) is 4.31 Å². The third-order valence-corrected chi connectivity index (χ3v) is 5.98. The lowest BCUT2D eigenvalue weighted by Crippen LogP contribution is -2.46. The van der Waals surface area contributed by atoms with Crippen LogP contribution in [0.25, 0.3) is 0 Å². The summed E-state index contributed by atoms with van der Waals surface area (Å²) in [6, 6.07) is 14.0. The van der Waals surface area contributed by atoms with Gasteiger partial charge in [-0.15, -0.1) is 0 Å². The van der Waals surface area contributed by atoms with Crippen LogP contribution in [-0.4, -0.2) is 29.9 Å². The van der Waals surface area contributed by atoms with Crippen LogP contribution in [-0.2, 0) is 21.4 Å². The van der Waals surface area contributed by atoms with Crippen molar-refractivity contribution >= 4 is 31.9 Å². The van der Waals surface area contributed by atoms with Crippen LogP contribution in [0.5, 0.6) is 0 Å². The predicted molar refractivity (Wildman–Crippen MR) is 92.7 cm³/mol. The highest BCUT2D eigenvalue weighted by Gasteiger charge is 2.33. The van der Waals surface area contributed by atoms with Crippen LogP contribution in [0.3, 0.4) is 0 Å². The Hall–Kier alpha value is -1.74. The lowest BCUT2D eigenvalue weighted by atomic mass is 10.2. The molecule has 0 radical (unpaired) electrons. The average Bonchev–Trinajstić information content (AvgIpc) is 2.59. The molecule has 0 aliphatic rings. The van der Waals surface area contributed by atoms with Gasteiger partial charge in [0.05, 0.1) is 4.90 Å². The van der Waals surface area contributed by atoms with E-state index in [9.17, 15) is 13.2 Å². The number of nitrogens with one attached hydrogen (secondary N) is 1. The number of halogens is 1. The molecule has 0 bridgehead atoms. The molecule has 0 aliphatic carbocycles. The molecule has 0 saturated carbocycles. The van der Waals surface area contributed by atoms with Crippen molar-refractivity contribution < 1.29 is 18.4 Å². The van der Waals surface area contributed by atoms with E-state index in [4.69, 9.17) is 5.21 Å². The molecule has 0 aliphatic heterocycles. The molecule has 1 atom stereocenters. The molecule has 2 rings (SSSR count). The first-order chi connectivity index (χ1) is 11.4. The second-order valence-corrected chi connectivity index (χ2v) is 7.95. The molecule has 0 spiro atoms. The summed E-state index contributed by atoms with van der Waals surface area (Å²) in [6.45, 7) is 1.43. The summed E-state index contributed by atoms with van der Waals surface area (Å²) < 4.78 is 27.7. The van der Waals surface area contributed by atoms with E-state index in [1.165, 1.54) is 24.5 Å². The zero-order chi connectivity index (χ0) is 17.7. The summed E-state index contributed by atoms with van der Waals surface area (Å²) >= 11 is 3.26. The van der Waals surface area contributed by atoms with E-state index in [2.05, 4.69) is 15.9 Å². The van der Waals surface area contributed by atoms with E-state index in [0.29, 0.717) is 0 Å². The van der Waals surface area contributed by atoms with Gasteiger partial charge in [0, 0.05) is 11.0 Å². The summed E-state index contributed by atoms with van der Waals surface area (Å²) in [4.78, 5) is 11.9. The molecule has 0 unspecified atom stereocenters. The Morgan fingerprint density at radius 1 is 1.17 bits per heavy atom. The number of hydroxylamine groups is 1. The van der Waals surface area contributed by atoms with Gasteiger partial charge in [0.15, 0.2) is 0 Å². The minimum absolute atomic E-state index is 0.00776. The maximum absolute atomic E-state index is 13.0. The molecule has 128 valence electrons. The van der Waals surface area contributed by atoms with E-state index in [0.717, 1.165) is 14.3 Å². The highest BCUT2D eigenvalue weighted by molar-refractivity contribution is 9.10. The van der Waals surface area contributed by atoms with E-state index in [1.807, 2.05) is 6.07 Å². The molecule has 2 aromatic carbocycles. The van der Waals surface area contributed by atoms with Crippen LogP contribution < -0.4 is 5.48 Å². The number of sulfonamides is 1. The highest BCUT2D eigenvalue weighted by Crippen LogP contribution is 2.23. The summed E-state index contributed by atoms with van der Waals surface area (Å²) in [6.07, 6.45) is 0. The molecule has 8 heteroatoms. The van der Waals surface area contributed by atoms with Gasteiger partial charge in [-0.05, 0) is 36.8 Å². The first-order valence-electron chi connectivity index (χ1n) is 7.11. The number of rotatable bonds is 6. The number of amides is 1. The molecular formula is C16H17BrN2O4S. The van der Waals surface area contributed by atoms with E-state index in [-0.39, 0.29) is 11.4 Å². The smallest absolute Gasteiger partial charge is 0.261 e. The Labute approximate surface area is 149 Å². The summed E-state index contributed by atoms with van der Waals surface area (Å²) in [5.41, 5.74) is 2.24. The van der Waals surface area contributed by atoms with Crippen LogP contribution in [0.15, 0.2) is 64.0 Å². The van der Waals surface area contributed by atoms with Crippen LogP contribution in [0.1, 0.15) is 12.5 Å². The van der Waals surface area contributed by atoms with Crippen molar-refractivity contribution in [1.82, 2.24) is 9.79 Å². The molecular weight excluding hydrogens is 396 g/mol. The van der Waals surface area contributed by atoms with E-state index in [1.54, 1.807) is 36.4 Å². The van der Waals surface area contributed by atoms with Crippen LogP contribution >= 0.6 is 15.9 Å². The van der Waals surface area contributed by atoms with Gasteiger partial charge in [0.2, 0.25) is 10.0 Å². The second kappa shape index (κ2) is 7.89. The lowest BCUT2D eigenvalue weighted by Gasteiger charge is -2.27. The standard InChI is InChI=1S/C16H17BrN2O4S/c1-12(16(20)18-21)19(11-13-5-3-2-4-6-13)24(22,23)15-9-7-14(17)8-10-15/h2-10,12,21H,11H2,1H3,(H,18,20)/t12-/m0/s1. The first kappa shape index (κ1) is 18.6. The molecule has 0 aromatic heterocycles. The predicted octanol–water partition coefficient (Wildman–Crippen LogP) is 2.53. The minimum atomic E-state index is -3.93. The van der Waals surface area contributed by atoms with Crippen molar-refractivity contribution in [3.8, 4) is 0 Å². The molecule has 0 heterocycles. The molecule has 0 saturated heterocycles. The van der Waals surface area contributed by atoms with E-state index < -0.39 is 22.0 Å². The first-order valence-corrected chi connectivity index (χ1v) is 9.35. The molecule has 6 nitrogen and oxygen atoms in total. The van der Waals surface area contributed by atoms with Gasteiger partial charge in [0.1, 0.15) is 6.04 Å². The topological polar surface area (TPSA) is 86.7 Å². The molecule has 2 N–H and O–H groups in total. The van der Waals surface area contributed by atoms with Crippen molar-refractivity contribution in [2.45, 2.75) is 24.4 Å². The van der Waals surface area contributed by atoms with Gasteiger partial charge in [0.25, 0.3) is 5.91 Å². The number of hydrogen-bond acceptors (Lipinski definition) is 4. The minimum Gasteiger partial charge on any atom is -0.289 e. The number of carbonyl (C=O) groups is 1. The van der Waals surface area contributed by atoms with Crippen molar-refractivity contribution in [2.24, 2.45) is 0 Å². The number of hydrogen-bond donors (Lipinski definition) is 2. The Kier molecular flexibility index (Phi) is 6.11. The largest absolute Gasteiger partial charge is 0.289 e. The fourth-order valence-electron chi connectivity index (χ4n) is 2.16. The maximum atomic E-state index is 13.0. The number of benzene rings is 2. The monoisotopic (exact) mass is 412 g/mol. The Bertz CT molecular complexity index is 795. The van der Waals surface area contributed by atoms with Crippen LogP contribution in [0.4, 0.5) is 0 Å². The van der Waals surface area contributed by atoms with Gasteiger partial charge >= 0.3 is 0 Å². The number of carbonyl (C=O) groups excluding carboxylic acids is 1. The van der Waals surface area contributed by atoms with Gasteiger partial charge in [-0.1, -0.05) is 46.3 Å². The fourth-order valence-corrected chi connectivity index (χ4v) is 4.01. The van der Waals surface area contributed by atoms with Gasteiger partial charge in [-0.25, -0.2) is 13.9 Å². The lowest BCUT2D eigenvalue weighted by molar-refractivity contribution is -0.132. The SMILES string of the molecule is C[C@@H](C(=O)NO)N(Cc1ccccc1)S(=O)(=O)c1ccc(Br)cc1. The summed E-state index contributed by atoms with van der Waals surface area (Å²) in [5, 5.41) is 8.87. The molecule has 1 amide bonds. The van der Waals surface area contributed by atoms with Gasteiger partial charge < -0.3 is 0 Å². The maximum Gasteiger partial charge on any atom is 0.261 e. The second-order valence-electron chi connectivity index (χ2n) is 5.14.